The molecule has 0 aliphatic heterocycles. The molecule has 0 heterocycles. The molecule has 6 heteroatoms. The van der Waals surface area contributed by atoms with Gasteiger partial charge in [0, 0.05) is 16.8 Å². The first kappa shape index (κ1) is 19.3. The number of hydrogen-bond donors (Lipinski definition) is 2. The zero-order chi connectivity index (χ0) is 19.2. The first-order valence-electron chi connectivity index (χ1n) is 8.27. The van der Waals surface area contributed by atoms with Crippen molar-refractivity contribution < 1.29 is 19.1 Å². The molecule has 2 N–H and O–H groups in total. The highest BCUT2D eigenvalue weighted by Crippen LogP contribution is 2.25. The minimum atomic E-state index is -0.498. The average Bonchev–Trinajstić information content (AvgIpc) is 2.59. The second kappa shape index (κ2) is 8.38. The summed E-state index contributed by atoms with van der Waals surface area (Å²) in [6, 6.07) is 14.1. The van der Waals surface area contributed by atoms with Gasteiger partial charge in [-0.2, -0.15) is 0 Å². The van der Waals surface area contributed by atoms with Gasteiger partial charge in [-0.15, -0.1) is 0 Å². The van der Waals surface area contributed by atoms with Gasteiger partial charge in [-0.3, -0.25) is 9.59 Å². The Morgan fingerprint density at radius 2 is 1.54 bits per heavy atom. The van der Waals surface area contributed by atoms with E-state index in [0.29, 0.717) is 22.9 Å². The Kier molecular flexibility index (Phi) is 6.22. The maximum atomic E-state index is 12.1. The second-order valence-corrected chi connectivity index (χ2v) is 6.77. The predicted octanol–water partition coefficient (Wildman–Crippen LogP) is 3.70. The molecule has 0 saturated carbocycles. The molecule has 2 amide bonds. The van der Waals surface area contributed by atoms with Gasteiger partial charge in [-0.1, -0.05) is 39.0 Å². The van der Waals surface area contributed by atoms with Crippen LogP contribution in [0.2, 0.25) is 0 Å². The minimum absolute atomic E-state index is 0.0968. The summed E-state index contributed by atoms with van der Waals surface area (Å²) in [5, 5.41) is 5.58. The van der Waals surface area contributed by atoms with E-state index in [9.17, 15) is 9.59 Å². The molecule has 2 aromatic carbocycles. The van der Waals surface area contributed by atoms with E-state index in [1.165, 1.54) is 0 Å². The fourth-order valence-electron chi connectivity index (χ4n) is 2.07. The van der Waals surface area contributed by atoms with Crippen molar-refractivity contribution in [1.82, 2.24) is 0 Å². The molecule has 0 radical (unpaired) electrons. The van der Waals surface area contributed by atoms with Gasteiger partial charge in [0.2, 0.25) is 5.91 Å². The number of amides is 2. The summed E-state index contributed by atoms with van der Waals surface area (Å²) >= 11 is 0. The average molecular weight is 356 g/mol. The number of ether oxygens (including phenoxy) is 2. The van der Waals surface area contributed by atoms with Crippen LogP contribution in [0.4, 0.5) is 11.4 Å². The van der Waals surface area contributed by atoms with E-state index in [1.54, 1.807) is 49.6 Å². The lowest BCUT2D eigenvalue weighted by Gasteiger charge is -2.18. The molecule has 2 aromatic rings. The Labute approximate surface area is 153 Å². The first-order chi connectivity index (χ1) is 12.3. The van der Waals surface area contributed by atoms with Crippen molar-refractivity contribution in [3.8, 4) is 11.5 Å². The highest BCUT2D eigenvalue weighted by Gasteiger charge is 2.21. The van der Waals surface area contributed by atoms with Crippen LogP contribution < -0.4 is 20.1 Å². The van der Waals surface area contributed by atoms with E-state index in [1.807, 2.05) is 26.8 Å². The van der Waals surface area contributed by atoms with E-state index in [0.717, 1.165) is 0 Å². The van der Waals surface area contributed by atoms with Crippen LogP contribution in [0.3, 0.4) is 0 Å². The van der Waals surface area contributed by atoms with Gasteiger partial charge in [-0.25, -0.2) is 0 Å². The zero-order valence-corrected chi connectivity index (χ0v) is 15.5. The number of benzene rings is 2. The molecule has 2 rings (SSSR count). The van der Waals surface area contributed by atoms with Crippen molar-refractivity contribution >= 4 is 23.2 Å². The molecule has 0 aliphatic rings. The molecule has 0 aliphatic carbocycles. The number of carbonyl (C=O) groups excluding carboxylic acids is 2. The molecule has 6 nitrogen and oxygen atoms in total. The summed E-state index contributed by atoms with van der Waals surface area (Å²) in [7, 11) is 1.54. The minimum Gasteiger partial charge on any atom is -0.493 e. The topological polar surface area (TPSA) is 76.7 Å². The van der Waals surface area contributed by atoms with E-state index in [2.05, 4.69) is 10.6 Å². The second-order valence-electron chi connectivity index (χ2n) is 6.77. The summed E-state index contributed by atoms with van der Waals surface area (Å²) in [4.78, 5) is 24.2. The lowest BCUT2D eigenvalue weighted by Crippen LogP contribution is -2.27. The van der Waals surface area contributed by atoms with Gasteiger partial charge in [0.25, 0.3) is 5.91 Å². The van der Waals surface area contributed by atoms with Crippen LogP contribution in [0.5, 0.6) is 11.5 Å². The van der Waals surface area contributed by atoms with Crippen LogP contribution in [-0.4, -0.2) is 25.5 Å². The molecule has 0 bridgehead atoms. The third-order valence-electron chi connectivity index (χ3n) is 3.51. The van der Waals surface area contributed by atoms with Crippen LogP contribution >= 0.6 is 0 Å². The van der Waals surface area contributed by atoms with Gasteiger partial charge in [0.05, 0.1) is 7.11 Å². The maximum Gasteiger partial charge on any atom is 0.262 e. The maximum absolute atomic E-state index is 12.1. The fourth-order valence-corrected chi connectivity index (χ4v) is 2.07. The number of anilines is 2. The number of nitrogens with one attached hydrogen (secondary N) is 2. The molecular formula is C20H24N2O4. The van der Waals surface area contributed by atoms with Crippen molar-refractivity contribution in [3.05, 3.63) is 48.5 Å². The smallest absolute Gasteiger partial charge is 0.262 e. The Bertz CT molecular complexity index is 781. The summed E-state index contributed by atoms with van der Waals surface area (Å²) in [5.41, 5.74) is 0.695. The molecule has 0 fully saturated rings. The number of methoxy groups -OCH3 is 1. The monoisotopic (exact) mass is 356 g/mol. The van der Waals surface area contributed by atoms with Gasteiger partial charge in [0.15, 0.2) is 18.1 Å². The number of para-hydroxylation sites is 2. The summed E-state index contributed by atoms with van der Waals surface area (Å²) in [6.45, 7) is 5.36. The zero-order valence-electron chi connectivity index (χ0n) is 15.5. The van der Waals surface area contributed by atoms with Crippen molar-refractivity contribution in [2.45, 2.75) is 20.8 Å². The van der Waals surface area contributed by atoms with Crippen molar-refractivity contribution in [3.63, 3.8) is 0 Å². The predicted molar refractivity (Wildman–Crippen MR) is 102 cm³/mol. The van der Waals surface area contributed by atoms with Gasteiger partial charge in [-0.05, 0) is 30.3 Å². The third-order valence-corrected chi connectivity index (χ3v) is 3.51. The molecule has 0 aromatic heterocycles. The normalized spacial score (nSPS) is 10.8. The van der Waals surface area contributed by atoms with Gasteiger partial charge < -0.3 is 20.1 Å². The highest BCUT2D eigenvalue weighted by molar-refractivity contribution is 5.96. The Morgan fingerprint density at radius 3 is 2.15 bits per heavy atom. The Balaban J connectivity index is 1.95. The molecule has 0 unspecified atom stereocenters. The van der Waals surface area contributed by atoms with Crippen LogP contribution in [0, 0.1) is 5.41 Å². The van der Waals surface area contributed by atoms with E-state index in [4.69, 9.17) is 9.47 Å². The Hall–Kier alpha value is -3.02. The first-order valence-corrected chi connectivity index (χ1v) is 8.27. The highest BCUT2D eigenvalue weighted by atomic mass is 16.5. The SMILES string of the molecule is COc1ccccc1OCC(=O)Nc1cccc(NC(=O)C(C)(C)C)c1. The third kappa shape index (κ3) is 5.51. The van der Waals surface area contributed by atoms with Crippen molar-refractivity contribution in [2.24, 2.45) is 5.41 Å². The lowest BCUT2D eigenvalue weighted by atomic mass is 9.95. The van der Waals surface area contributed by atoms with Gasteiger partial charge >= 0.3 is 0 Å². The Morgan fingerprint density at radius 1 is 0.923 bits per heavy atom. The number of carbonyl (C=O) groups is 2. The molecule has 0 spiro atoms. The van der Waals surface area contributed by atoms with Crippen LogP contribution in [-0.2, 0) is 9.59 Å². The fraction of sp³-hybridized carbons (Fsp3) is 0.300. The number of hydrogen-bond acceptors (Lipinski definition) is 4. The summed E-state index contributed by atoms with van der Waals surface area (Å²) in [6.07, 6.45) is 0. The molecular weight excluding hydrogens is 332 g/mol. The largest absolute Gasteiger partial charge is 0.493 e. The molecule has 0 atom stereocenters. The van der Waals surface area contributed by atoms with Crippen LogP contribution in [0.1, 0.15) is 20.8 Å². The van der Waals surface area contributed by atoms with Crippen molar-refractivity contribution in [1.29, 1.82) is 0 Å². The van der Waals surface area contributed by atoms with Gasteiger partial charge in [0.1, 0.15) is 0 Å². The van der Waals surface area contributed by atoms with E-state index in [-0.39, 0.29) is 18.4 Å². The molecule has 138 valence electrons. The van der Waals surface area contributed by atoms with Crippen LogP contribution in [0.15, 0.2) is 48.5 Å². The quantitative estimate of drug-likeness (QED) is 0.827. The summed E-state index contributed by atoms with van der Waals surface area (Å²) < 4.78 is 10.7. The molecule has 26 heavy (non-hydrogen) atoms. The van der Waals surface area contributed by atoms with E-state index < -0.39 is 5.41 Å². The number of rotatable bonds is 6. The lowest BCUT2D eigenvalue weighted by molar-refractivity contribution is -0.123. The van der Waals surface area contributed by atoms with Crippen LogP contribution in [0.25, 0.3) is 0 Å². The summed E-state index contributed by atoms with van der Waals surface area (Å²) in [5.74, 6) is 0.652. The van der Waals surface area contributed by atoms with E-state index >= 15 is 0 Å². The molecule has 0 saturated heterocycles. The standard InChI is InChI=1S/C20H24N2O4/c1-20(2,3)19(24)22-15-9-7-8-14(12-15)21-18(23)13-26-17-11-6-5-10-16(17)25-4/h5-12H,13H2,1-4H3,(H,21,23)(H,22,24). The van der Waals surface area contributed by atoms with Crippen molar-refractivity contribution in [2.75, 3.05) is 24.4 Å².